The molecule has 0 saturated heterocycles. The minimum atomic E-state index is -0.217. The highest BCUT2D eigenvalue weighted by Gasteiger charge is 2.23. The first-order chi connectivity index (χ1) is 17.5. The van der Waals surface area contributed by atoms with E-state index in [0.29, 0.717) is 22.3 Å². The normalized spacial score (nSPS) is 12.9. The van der Waals surface area contributed by atoms with Gasteiger partial charge in [0.1, 0.15) is 16.3 Å². The summed E-state index contributed by atoms with van der Waals surface area (Å²) in [6, 6.07) is 13.0. The zero-order valence-corrected chi connectivity index (χ0v) is 22.1. The molecule has 2 aromatic heterocycles. The highest BCUT2D eigenvalue weighted by atomic mass is 32.2. The molecule has 0 atom stereocenters. The monoisotopic (exact) mass is 521 g/mol. The van der Waals surface area contributed by atoms with Gasteiger partial charge in [-0.15, -0.1) is 11.3 Å². The number of nitrogens with zero attached hydrogens (tertiary/aromatic N) is 2. The van der Waals surface area contributed by atoms with Crippen molar-refractivity contribution in [3.63, 3.8) is 0 Å². The van der Waals surface area contributed by atoms with Crippen molar-refractivity contribution in [3.05, 3.63) is 68.8 Å². The summed E-state index contributed by atoms with van der Waals surface area (Å²) in [5.41, 5.74) is 3.51. The molecule has 2 aromatic carbocycles. The fraction of sp³-hybridized carbons (Fsp3) is 0.296. The first-order valence-corrected chi connectivity index (χ1v) is 13.6. The molecule has 5 rings (SSSR count). The molecule has 9 heteroatoms. The highest BCUT2D eigenvalue weighted by Crippen LogP contribution is 2.35. The molecule has 186 valence electrons. The summed E-state index contributed by atoms with van der Waals surface area (Å²) in [6.07, 6.45) is 4.14. The number of hydrogen-bond donors (Lipinski definition) is 1. The van der Waals surface area contributed by atoms with Crippen LogP contribution in [0.4, 0.5) is 5.69 Å². The molecule has 0 spiro atoms. The third-order valence-corrected chi connectivity index (χ3v) is 8.34. The lowest BCUT2D eigenvalue weighted by Gasteiger charge is -2.14. The van der Waals surface area contributed by atoms with Crippen LogP contribution in [0.1, 0.15) is 28.8 Å². The molecule has 0 bridgehead atoms. The maximum absolute atomic E-state index is 13.8. The van der Waals surface area contributed by atoms with Crippen LogP contribution in [0.25, 0.3) is 15.9 Å². The largest absolute Gasteiger partial charge is 0.497 e. The van der Waals surface area contributed by atoms with Gasteiger partial charge in [0.2, 0.25) is 5.91 Å². The van der Waals surface area contributed by atoms with Crippen molar-refractivity contribution in [1.82, 2.24) is 9.55 Å². The molecule has 0 aliphatic heterocycles. The zero-order chi connectivity index (χ0) is 25.2. The zero-order valence-electron chi connectivity index (χ0n) is 20.4. The standard InChI is InChI=1S/C27H27N3O4S2/c1-16-8-10-18(11-9-16)30-26(32)24-21-6-4-5-7-22(21)36-25(24)29-27(30)35-15-23(31)28-17-12-19(33-2)14-20(13-17)34-3/h8-14H,4-7,15H2,1-3H3,(H,28,31). The Morgan fingerprint density at radius 2 is 1.78 bits per heavy atom. The van der Waals surface area contributed by atoms with Gasteiger partial charge in [0.05, 0.1) is 31.0 Å². The van der Waals surface area contributed by atoms with E-state index in [9.17, 15) is 9.59 Å². The van der Waals surface area contributed by atoms with Crippen molar-refractivity contribution in [1.29, 1.82) is 0 Å². The molecular formula is C27H27N3O4S2. The predicted octanol–water partition coefficient (Wildman–Crippen LogP) is 5.38. The molecule has 1 N–H and O–H groups in total. The summed E-state index contributed by atoms with van der Waals surface area (Å²) in [6.45, 7) is 2.01. The van der Waals surface area contributed by atoms with E-state index in [1.54, 1.807) is 48.3 Å². The smallest absolute Gasteiger partial charge is 0.267 e. The van der Waals surface area contributed by atoms with Crippen LogP contribution in [0.5, 0.6) is 11.5 Å². The number of benzene rings is 2. The molecule has 36 heavy (non-hydrogen) atoms. The van der Waals surface area contributed by atoms with Crippen LogP contribution < -0.4 is 20.3 Å². The summed E-state index contributed by atoms with van der Waals surface area (Å²) in [4.78, 5) is 33.6. The molecule has 0 fully saturated rings. The van der Waals surface area contributed by atoms with Gasteiger partial charge < -0.3 is 14.8 Å². The Morgan fingerprint density at radius 3 is 2.47 bits per heavy atom. The van der Waals surface area contributed by atoms with Crippen molar-refractivity contribution in [2.45, 2.75) is 37.8 Å². The van der Waals surface area contributed by atoms with Gasteiger partial charge in [-0.2, -0.15) is 0 Å². The van der Waals surface area contributed by atoms with E-state index in [4.69, 9.17) is 14.5 Å². The fourth-order valence-electron chi connectivity index (χ4n) is 4.41. The minimum absolute atomic E-state index is 0.0660. The number of anilines is 1. The lowest BCUT2D eigenvalue weighted by atomic mass is 9.97. The summed E-state index contributed by atoms with van der Waals surface area (Å²) in [7, 11) is 3.12. The number of nitrogens with one attached hydrogen (secondary N) is 1. The van der Waals surface area contributed by atoms with Crippen molar-refractivity contribution < 1.29 is 14.3 Å². The molecule has 0 saturated carbocycles. The van der Waals surface area contributed by atoms with Crippen LogP contribution in [0.15, 0.2) is 52.4 Å². The van der Waals surface area contributed by atoms with Crippen LogP contribution in [-0.2, 0) is 17.6 Å². The Bertz CT molecular complexity index is 1470. The van der Waals surface area contributed by atoms with Crippen LogP contribution in [0.3, 0.4) is 0 Å². The first kappa shape index (κ1) is 24.4. The molecule has 1 aliphatic carbocycles. The Hall–Kier alpha value is -3.30. The second-order valence-electron chi connectivity index (χ2n) is 8.70. The lowest BCUT2D eigenvalue weighted by molar-refractivity contribution is -0.113. The highest BCUT2D eigenvalue weighted by molar-refractivity contribution is 7.99. The Labute approximate surface area is 217 Å². The molecule has 0 unspecified atom stereocenters. The summed E-state index contributed by atoms with van der Waals surface area (Å²) >= 11 is 2.87. The number of fused-ring (bicyclic) bond motifs is 3. The average Bonchev–Trinajstić information content (AvgIpc) is 3.26. The molecule has 7 nitrogen and oxygen atoms in total. The Kier molecular flexibility index (Phi) is 7.02. The van der Waals surface area contributed by atoms with E-state index in [1.807, 2.05) is 31.2 Å². The van der Waals surface area contributed by atoms with Gasteiger partial charge in [-0.05, 0) is 50.3 Å². The molecule has 1 amide bonds. The molecule has 4 aromatic rings. The quantitative estimate of drug-likeness (QED) is 0.260. The van der Waals surface area contributed by atoms with E-state index in [2.05, 4.69) is 5.32 Å². The van der Waals surface area contributed by atoms with Crippen molar-refractivity contribution in [2.24, 2.45) is 0 Å². The van der Waals surface area contributed by atoms with Crippen molar-refractivity contribution in [3.8, 4) is 17.2 Å². The number of carbonyl (C=O) groups excluding carboxylic acids is 1. The molecule has 2 heterocycles. The van der Waals surface area contributed by atoms with Crippen molar-refractivity contribution >= 4 is 44.9 Å². The first-order valence-electron chi connectivity index (χ1n) is 11.8. The van der Waals surface area contributed by atoms with Gasteiger partial charge in [-0.25, -0.2) is 4.98 Å². The maximum Gasteiger partial charge on any atom is 0.267 e. The van der Waals surface area contributed by atoms with Gasteiger partial charge in [-0.3, -0.25) is 14.2 Å². The maximum atomic E-state index is 13.8. The predicted molar refractivity (Wildman–Crippen MR) is 145 cm³/mol. The van der Waals surface area contributed by atoms with E-state index in [0.717, 1.165) is 52.7 Å². The molecule has 0 radical (unpaired) electrons. The second kappa shape index (κ2) is 10.4. The summed E-state index contributed by atoms with van der Waals surface area (Å²) < 4.78 is 12.2. The third-order valence-electron chi connectivity index (χ3n) is 6.22. The van der Waals surface area contributed by atoms with Crippen LogP contribution >= 0.6 is 23.1 Å². The number of thioether (sulfide) groups is 1. The minimum Gasteiger partial charge on any atom is -0.497 e. The SMILES string of the molecule is COc1cc(NC(=O)CSc2nc3sc4c(c3c(=O)n2-c2ccc(C)cc2)CCCC4)cc(OC)c1. The number of aryl methyl sites for hydroxylation is 3. The summed E-state index contributed by atoms with van der Waals surface area (Å²) in [5.74, 6) is 1.04. The Balaban J connectivity index is 1.48. The number of methoxy groups -OCH3 is 2. The van der Waals surface area contributed by atoms with E-state index >= 15 is 0 Å². The van der Waals surface area contributed by atoms with E-state index in [1.165, 1.54) is 16.6 Å². The van der Waals surface area contributed by atoms with Gasteiger partial charge in [0.25, 0.3) is 5.56 Å². The topological polar surface area (TPSA) is 82.5 Å². The number of amides is 1. The number of thiophene rings is 1. The number of ether oxygens (including phenoxy) is 2. The number of rotatable bonds is 7. The second-order valence-corrected chi connectivity index (χ2v) is 10.7. The van der Waals surface area contributed by atoms with E-state index < -0.39 is 0 Å². The number of hydrogen-bond acceptors (Lipinski definition) is 7. The van der Waals surface area contributed by atoms with Crippen LogP contribution in [-0.4, -0.2) is 35.4 Å². The summed E-state index contributed by atoms with van der Waals surface area (Å²) in [5, 5.41) is 4.12. The van der Waals surface area contributed by atoms with Gasteiger partial charge in [0.15, 0.2) is 5.16 Å². The third kappa shape index (κ3) is 4.85. The van der Waals surface area contributed by atoms with Crippen molar-refractivity contribution in [2.75, 3.05) is 25.3 Å². The van der Waals surface area contributed by atoms with Crippen LogP contribution in [0.2, 0.25) is 0 Å². The number of carbonyl (C=O) groups is 1. The average molecular weight is 522 g/mol. The lowest BCUT2D eigenvalue weighted by Crippen LogP contribution is -2.23. The number of aromatic nitrogens is 2. The van der Waals surface area contributed by atoms with Gasteiger partial charge >= 0.3 is 0 Å². The fourth-order valence-corrected chi connectivity index (χ4v) is 6.53. The van der Waals surface area contributed by atoms with Gasteiger partial charge in [-0.1, -0.05) is 29.5 Å². The van der Waals surface area contributed by atoms with E-state index in [-0.39, 0.29) is 17.2 Å². The van der Waals surface area contributed by atoms with Gasteiger partial charge in [0, 0.05) is 28.8 Å². The Morgan fingerprint density at radius 1 is 1.08 bits per heavy atom. The molecular weight excluding hydrogens is 494 g/mol. The molecule has 1 aliphatic rings. The van der Waals surface area contributed by atoms with Crippen LogP contribution in [0, 0.1) is 6.92 Å².